The lowest BCUT2D eigenvalue weighted by molar-refractivity contribution is 0.0601. The van der Waals surface area contributed by atoms with E-state index in [4.69, 9.17) is 18.0 Å². The molecule has 0 saturated carbocycles. The predicted octanol–water partition coefficient (Wildman–Crippen LogP) is 2.11. The highest BCUT2D eigenvalue weighted by atomic mass is 35.5. The number of ether oxygens (including phenoxy) is 1. The van der Waals surface area contributed by atoms with Gasteiger partial charge in [-0.15, -0.1) is 6.42 Å². The predicted molar refractivity (Wildman–Crippen MR) is 50.7 cm³/mol. The number of terminal acetylenes is 1. The molecule has 1 aromatic carbocycles. The van der Waals surface area contributed by atoms with Crippen molar-refractivity contribution in [2.24, 2.45) is 0 Å². The van der Waals surface area contributed by atoms with Crippen LogP contribution < -0.4 is 0 Å². The summed E-state index contributed by atoms with van der Waals surface area (Å²) in [5.41, 5.74) is 0.959. The highest BCUT2D eigenvalue weighted by Crippen LogP contribution is 2.17. The molecule has 0 aliphatic carbocycles. The van der Waals surface area contributed by atoms with E-state index in [1.165, 1.54) is 13.2 Å². The van der Waals surface area contributed by atoms with Crippen molar-refractivity contribution in [3.05, 3.63) is 34.3 Å². The van der Waals surface area contributed by atoms with E-state index in [1.807, 2.05) is 0 Å². The Bertz CT molecular complexity index is 377. The number of benzene rings is 1. The first kappa shape index (κ1) is 9.63. The number of esters is 1. The summed E-state index contributed by atoms with van der Waals surface area (Å²) in [4.78, 5) is 11.0. The molecule has 0 aliphatic rings. The molecule has 0 fully saturated rings. The maximum atomic E-state index is 11.0. The van der Waals surface area contributed by atoms with Gasteiger partial charge in [-0.3, -0.25) is 0 Å². The Morgan fingerprint density at radius 2 is 2.31 bits per heavy atom. The molecule has 0 amide bonds. The topological polar surface area (TPSA) is 26.3 Å². The van der Waals surface area contributed by atoms with E-state index in [-0.39, 0.29) is 0 Å². The van der Waals surface area contributed by atoms with Crippen LogP contribution in [0.15, 0.2) is 18.2 Å². The number of hydrogen-bond acceptors (Lipinski definition) is 2. The minimum atomic E-state index is -0.425. The van der Waals surface area contributed by atoms with Gasteiger partial charge in [-0.2, -0.15) is 0 Å². The first-order chi connectivity index (χ1) is 6.19. The zero-order valence-electron chi connectivity index (χ0n) is 7.00. The molecule has 0 heterocycles. The molecule has 1 rings (SSSR count). The second-order valence-corrected chi connectivity index (χ2v) is 2.74. The Labute approximate surface area is 81.5 Å². The SMILES string of the molecule is C#Cc1ccc(C(=O)OC)cc1Cl. The first-order valence-electron chi connectivity index (χ1n) is 3.53. The van der Waals surface area contributed by atoms with E-state index in [2.05, 4.69) is 10.7 Å². The van der Waals surface area contributed by atoms with Gasteiger partial charge in [0.2, 0.25) is 0 Å². The molecule has 0 saturated heterocycles. The van der Waals surface area contributed by atoms with Crippen LogP contribution in [0.2, 0.25) is 5.02 Å². The van der Waals surface area contributed by atoms with Crippen molar-refractivity contribution in [1.82, 2.24) is 0 Å². The van der Waals surface area contributed by atoms with Crippen LogP contribution in [-0.4, -0.2) is 13.1 Å². The van der Waals surface area contributed by atoms with Gasteiger partial charge in [0.05, 0.1) is 17.7 Å². The fourth-order valence-electron chi connectivity index (χ4n) is 0.877. The molecule has 0 atom stereocenters. The Balaban J connectivity index is 3.11. The van der Waals surface area contributed by atoms with Crippen molar-refractivity contribution in [3.63, 3.8) is 0 Å². The normalized spacial score (nSPS) is 9.00. The average molecular weight is 195 g/mol. The maximum Gasteiger partial charge on any atom is 0.337 e. The number of carbonyl (C=O) groups excluding carboxylic acids is 1. The zero-order valence-corrected chi connectivity index (χ0v) is 7.76. The fraction of sp³-hybridized carbons (Fsp3) is 0.100. The summed E-state index contributed by atoms with van der Waals surface area (Å²) in [6.07, 6.45) is 5.16. The molecule has 0 unspecified atom stereocenters. The van der Waals surface area contributed by atoms with Crippen molar-refractivity contribution in [3.8, 4) is 12.3 Å². The molecular formula is C10H7ClO2. The molecule has 0 aromatic heterocycles. The summed E-state index contributed by atoms with van der Waals surface area (Å²) < 4.78 is 4.52. The molecule has 2 nitrogen and oxygen atoms in total. The summed E-state index contributed by atoms with van der Waals surface area (Å²) in [5, 5.41) is 0.380. The van der Waals surface area contributed by atoms with Gasteiger partial charge in [0, 0.05) is 5.56 Å². The van der Waals surface area contributed by atoms with E-state index in [9.17, 15) is 4.79 Å². The van der Waals surface area contributed by atoms with E-state index in [1.54, 1.807) is 12.1 Å². The monoisotopic (exact) mass is 194 g/mol. The zero-order chi connectivity index (χ0) is 9.84. The van der Waals surface area contributed by atoms with E-state index in [0.717, 1.165) is 0 Å². The number of halogens is 1. The summed E-state index contributed by atoms with van der Waals surface area (Å²) >= 11 is 5.78. The molecule has 0 spiro atoms. The van der Waals surface area contributed by atoms with Gasteiger partial charge < -0.3 is 4.74 Å². The van der Waals surface area contributed by atoms with Crippen LogP contribution in [0.5, 0.6) is 0 Å². The Morgan fingerprint density at radius 3 is 2.77 bits per heavy atom. The third-order valence-corrected chi connectivity index (χ3v) is 1.86. The molecule has 3 heteroatoms. The van der Waals surface area contributed by atoms with Gasteiger partial charge in [0.25, 0.3) is 0 Å². The van der Waals surface area contributed by atoms with E-state index >= 15 is 0 Å². The van der Waals surface area contributed by atoms with Gasteiger partial charge in [0.15, 0.2) is 0 Å². The van der Waals surface area contributed by atoms with Crippen LogP contribution in [-0.2, 0) is 4.74 Å². The van der Waals surface area contributed by atoms with Crippen molar-refractivity contribution in [1.29, 1.82) is 0 Å². The highest BCUT2D eigenvalue weighted by Gasteiger charge is 2.06. The van der Waals surface area contributed by atoms with Crippen LogP contribution in [0, 0.1) is 12.3 Å². The minimum absolute atomic E-state index is 0.380. The standard InChI is InChI=1S/C10H7ClO2/c1-3-7-4-5-8(6-9(7)11)10(12)13-2/h1,4-6H,2H3. The van der Waals surface area contributed by atoms with Crippen LogP contribution >= 0.6 is 11.6 Å². The van der Waals surface area contributed by atoms with E-state index < -0.39 is 5.97 Å². The van der Waals surface area contributed by atoms with Crippen molar-refractivity contribution >= 4 is 17.6 Å². The third-order valence-electron chi connectivity index (χ3n) is 1.55. The van der Waals surface area contributed by atoms with Crippen molar-refractivity contribution in [2.75, 3.05) is 7.11 Å². The lowest BCUT2D eigenvalue weighted by Crippen LogP contribution is -2.00. The van der Waals surface area contributed by atoms with Gasteiger partial charge in [0.1, 0.15) is 0 Å². The third kappa shape index (κ3) is 2.01. The number of rotatable bonds is 1. The molecule has 0 radical (unpaired) electrons. The van der Waals surface area contributed by atoms with Crippen molar-refractivity contribution in [2.45, 2.75) is 0 Å². The second kappa shape index (κ2) is 3.97. The average Bonchev–Trinajstić information content (AvgIpc) is 2.16. The smallest absolute Gasteiger partial charge is 0.337 e. The summed E-state index contributed by atoms with van der Waals surface area (Å²) in [6.45, 7) is 0. The van der Waals surface area contributed by atoms with Gasteiger partial charge in [-0.1, -0.05) is 17.5 Å². The molecule has 0 bridgehead atoms. The van der Waals surface area contributed by atoms with Crippen molar-refractivity contribution < 1.29 is 9.53 Å². The van der Waals surface area contributed by atoms with Gasteiger partial charge >= 0.3 is 5.97 Å². The Hall–Kier alpha value is -1.46. The Morgan fingerprint density at radius 1 is 1.62 bits per heavy atom. The molecule has 66 valence electrons. The molecule has 0 aliphatic heterocycles. The quantitative estimate of drug-likeness (QED) is 0.506. The molecule has 1 aromatic rings. The number of methoxy groups -OCH3 is 1. The first-order valence-corrected chi connectivity index (χ1v) is 3.91. The number of hydrogen-bond donors (Lipinski definition) is 0. The maximum absolute atomic E-state index is 11.0. The summed E-state index contributed by atoms with van der Waals surface area (Å²) in [5.74, 6) is 1.97. The van der Waals surface area contributed by atoms with Crippen LogP contribution in [0.25, 0.3) is 0 Å². The Kier molecular flexibility index (Phi) is 2.94. The minimum Gasteiger partial charge on any atom is -0.465 e. The van der Waals surface area contributed by atoms with Crippen LogP contribution in [0.4, 0.5) is 0 Å². The lowest BCUT2D eigenvalue weighted by Gasteiger charge is -2.00. The lowest BCUT2D eigenvalue weighted by atomic mass is 10.1. The summed E-state index contributed by atoms with van der Waals surface area (Å²) in [7, 11) is 1.31. The summed E-state index contributed by atoms with van der Waals surface area (Å²) in [6, 6.07) is 4.67. The van der Waals surface area contributed by atoms with Gasteiger partial charge in [-0.05, 0) is 18.2 Å². The van der Waals surface area contributed by atoms with Crippen LogP contribution in [0.3, 0.4) is 0 Å². The molecular weight excluding hydrogens is 188 g/mol. The molecule has 13 heavy (non-hydrogen) atoms. The fourth-order valence-corrected chi connectivity index (χ4v) is 1.11. The van der Waals surface area contributed by atoms with Crippen LogP contribution in [0.1, 0.15) is 15.9 Å². The molecule has 0 N–H and O–H groups in total. The second-order valence-electron chi connectivity index (χ2n) is 2.33. The largest absolute Gasteiger partial charge is 0.465 e. The highest BCUT2D eigenvalue weighted by molar-refractivity contribution is 6.32. The van der Waals surface area contributed by atoms with E-state index in [0.29, 0.717) is 16.1 Å². The number of carbonyl (C=O) groups is 1. The van der Waals surface area contributed by atoms with Gasteiger partial charge in [-0.25, -0.2) is 4.79 Å².